The third kappa shape index (κ3) is 4.72. The topological polar surface area (TPSA) is 88.8 Å². The molecule has 1 aromatic heterocycles. The lowest BCUT2D eigenvalue weighted by molar-refractivity contribution is 0.0964. The molecule has 0 aliphatic heterocycles. The highest BCUT2D eigenvalue weighted by Crippen LogP contribution is 2.41. The highest BCUT2D eigenvalue weighted by Gasteiger charge is 2.25. The van der Waals surface area contributed by atoms with Crippen LogP contribution in [-0.4, -0.2) is 41.3 Å². The fourth-order valence-electron chi connectivity index (χ4n) is 3.85. The zero-order valence-electron chi connectivity index (χ0n) is 19.8. The maximum Gasteiger partial charge on any atom is 0.255 e. The molecular formula is C26H25FN2O5S. The van der Waals surface area contributed by atoms with Crippen LogP contribution in [-0.2, 0) is 10.0 Å². The minimum atomic E-state index is -3.61. The lowest BCUT2D eigenvalue weighted by Crippen LogP contribution is -2.25. The molecule has 1 N–H and O–H groups in total. The molecule has 182 valence electrons. The molecule has 0 aliphatic rings. The standard InChI is InChI=1S/C26H25FN2O5S/c1-5-33-19-12-8-16(9-13-19)20-14-21-23(15-22(20)29(3)35(4,31)32)34-25(24(21)26(30)28-2)17-6-10-18(27)11-7-17/h6-15H,5H2,1-4H3,(H,28,30). The van der Waals surface area contributed by atoms with Gasteiger partial charge in [-0.05, 0) is 55.0 Å². The minimum Gasteiger partial charge on any atom is -0.494 e. The van der Waals surface area contributed by atoms with Gasteiger partial charge in [-0.15, -0.1) is 0 Å². The Morgan fingerprint density at radius 1 is 1.06 bits per heavy atom. The third-order valence-electron chi connectivity index (χ3n) is 5.68. The Balaban J connectivity index is 2.02. The fourth-order valence-corrected chi connectivity index (χ4v) is 4.36. The van der Waals surface area contributed by atoms with Gasteiger partial charge >= 0.3 is 0 Å². The molecule has 0 unspecified atom stereocenters. The number of amides is 1. The summed E-state index contributed by atoms with van der Waals surface area (Å²) in [5.74, 6) is 0.144. The first-order valence-corrected chi connectivity index (χ1v) is 12.7. The van der Waals surface area contributed by atoms with E-state index in [2.05, 4.69) is 5.32 Å². The Morgan fingerprint density at radius 3 is 2.26 bits per heavy atom. The number of benzene rings is 3. The van der Waals surface area contributed by atoms with Crippen LogP contribution in [0.25, 0.3) is 33.4 Å². The highest BCUT2D eigenvalue weighted by molar-refractivity contribution is 7.92. The van der Waals surface area contributed by atoms with Gasteiger partial charge in [-0.1, -0.05) is 12.1 Å². The number of ether oxygens (including phenoxy) is 1. The van der Waals surface area contributed by atoms with Crippen molar-refractivity contribution in [3.05, 3.63) is 72.0 Å². The number of carbonyl (C=O) groups is 1. The minimum absolute atomic E-state index is 0.260. The van der Waals surface area contributed by atoms with Gasteiger partial charge in [-0.3, -0.25) is 9.10 Å². The van der Waals surface area contributed by atoms with E-state index in [1.165, 1.54) is 38.4 Å². The van der Waals surface area contributed by atoms with E-state index >= 15 is 0 Å². The van der Waals surface area contributed by atoms with E-state index in [1.54, 1.807) is 24.3 Å². The molecule has 0 fully saturated rings. The summed E-state index contributed by atoms with van der Waals surface area (Å²) in [5.41, 5.74) is 2.81. The van der Waals surface area contributed by atoms with Crippen molar-refractivity contribution in [2.24, 2.45) is 0 Å². The maximum atomic E-state index is 13.5. The summed E-state index contributed by atoms with van der Waals surface area (Å²) in [6.07, 6.45) is 1.11. The number of fused-ring (bicyclic) bond motifs is 1. The molecule has 4 rings (SSSR count). The fraction of sp³-hybridized carbons (Fsp3) is 0.192. The third-order valence-corrected chi connectivity index (χ3v) is 6.87. The summed E-state index contributed by atoms with van der Waals surface area (Å²) >= 11 is 0. The molecule has 7 nitrogen and oxygen atoms in total. The Kier molecular flexibility index (Phi) is 6.53. The van der Waals surface area contributed by atoms with Crippen molar-refractivity contribution in [3.8, 4) is 28.2 Å². The van der Waals surface area contributed by atoms with Crippen molar-refractivity contribution in [2.45, 2.75) is 6.92 Å². The van der Waals surface area contributed by atoms with Gasteiger partial charge < -0.3 is 14.5 Å². The van der Waals surface area contributed by atoms with E-state index < -0.39 is 15.8 Å². The van der Waals surface area contributed by atoms with Gasteiger partial charge in [0.1, 0.15) is 22.9 Å². The van der Waals surface area contributed by atoms with Gasteiger partial charge in [0.2, 0.25) is 10.0 Å². The molecule has 9 heteroatoms. The molecule has 0 saturated heterocycles. The van der Waals surface area contributed by atoms with Crippen molar-refractivity contribution in [2.75, 3.05) is 31.3 Å². The summed E-state index contributed by atoms with van der Waals surface area (Å²) in [5, 5.41) is 3.13. The lowest BCUT2D eigenvalue weighted by atomic mass is 9.98. The van der Waals surface area contributed by atoms with Crippen LogP contribution in [0.3, 0.4) is 0 Å². The van der Waals surface area contributed by atoms with Crippen molar-refractivity contribution in [1.29, 1.82) is 0 Å². The molecule has 1 heterocycles. The predicted molar refractivity (Wildman–Crippen MR) is 135 cm³/mol. The van der Waals surface area contributed by atoms with E-state index in [0.29, 0.717) is 40.1 Å². The van der Waals surface area contributed by atoms with E-state index in [4.69, 9.17) is 9.15 Å². The molecule has 0 spiro atoms. The molecule has 0 radical (unpaired) electrons. The second kappa shape index (κ2) is 9.42. The monoisotopic (exact) mass is 496 g/mol. The van der Waals surface area contributed by atoms with Crippen LogP contribution in [0.4, 0.5) is 10.1 Å². The van der Waals surface area contributed by atoms with Gasteiger partial charge in [0.15, 0.2) is 0 Å². The Hall–Kier alpha value is -3.85. The average molecular weight is 497 g/mol. The van der Waals surface area contributed by atoms with Crippen molar-refractivity contribution >= 4 is 32.6 Å². The molecule has 1 amide bonds. The molecule has 0 bridgehead atoms. The number of nitrogens with zero attached hydrogens (tertiary/aromatic N) is 1. The zero-order chi connectivity index (χ0) is 25.3. The van der Waals surface area contributed by atoms with Crippen LogP contribution in [0.1, 0.15) is 17.3 Å². The largest absolute Gasteiger partial charge is 0.494 e. The van der Waals surface area contributed by atoms with Crippen LogP contribution < -0.4 is 14.4 Å². The Morgan fingerprint density at radius 2 is 1.69 bits per heavy atom. The molecule has 4 aromatic rings. The van der Waals surface area contributed by atoms with Gasteiger partial charge in [-0.25, -0.2) is 12.8 Å². The summed E-state index contributed by atoms with van der Waals surface area (Å²) in [4.78, 5) is 12.9. The lowest BCUT2D eigenvalue weighted by Gasteiger charge is -2.21. The molecule has 0 aliphatic carbocycles. The van der Waals surface area contributed by atoms with Gasteiger partial charge in [0.05, 0.1) is 24.1 Å². The van der Waals surface area contributed by atoms with Crippen LogP contribution in [0.5, 0.6) is 5.75 Å². The summed E-state index contributed by atoms with van der Waals surface area (Å²) in [6, 6.07) is 16.2. The van der Waals surface area contributed by atoms with Crippen LogP contribution in [0, 0.1) is 5.82 Å². The number of rotatable bonds is 7. The van der Waals surface area contributed by atoms with Gasteiger partial charge in [-0.2, -0.15) is 0 Å². The number of hydrogen-bond donors (Lipinski definition) is 1. The number of nitrogens with one attached hydrogen (secondary N) is 1. The number of halogens is 1. The van der Waals surface area contributed by atoms with Crippen molar-refractivity contribution < 1.29 is 26.8 Å². The van der Waals surface area contributed by atoms with Crippen LogP contribution in [0.15, 0.2) is 65.1 Å². The smallest absolute Gasteiger partial charge is 0.255 e. The van der Waals surface area contributed by atoms with E-state index in [-0.39, 0.29) is 17.2 Å². The number of hydrogen-bond acceptors (Lipinski definition) is 5. The SMILES string of the molecule is CCOc1ccc(-c2cc3c(C(=O)NC)c(-c4ccc(F)cc4)oc3cc2N(C)S(C)(=O)=O)cc1. The van der Waals surface area contributed by atoms with Crippen molar-refractivity contribution in [3.63, 3.8) is 0 Å². The van der Waals surface area contributed by atoms with E-state index in [9.17, 15) is 17.6 Å². The van der Waals surface area contributed by atoms with Gasteiger partial charge in [0, 0.05) is 36.7 Å². The number of furan rings is 1. The molecular weight excluding hydrogens is 471 g/mol. The number of sulfonamides is 1. The first-order chi connectivity index (χ1) is 16.6. The first-order valence-electron chi connectivity index (χ1n) is 10.9. The summed E-state index contributed by atoms with van der Waals surface area (Å²) < 4.78 is 51.2. The predicted octanol–water partition coefficient (Wildman–Crippen LogP) is 5.06. The maximum absolute atomic E-state index is 13.5. The normalized spacial score (nSPS) is 11.5. The highest BCUT2D eigenvalue weighted by atomic mass is 32.2. The Bertz CT molecular complexity index is 1490. The van der Waals surface area contributed by atoms with Gasteiger partial charge in [0.25, 0.3) is 5.91 Å². The van der Waals surface area contributed by atoms with E-state index in [0.717, 1.165) is 16.1 Å². The molecule has 3 aromatic carbocycles. The first kappa shape index (κ1) is 24.3. The molecule has 35 heavy (non-hydrogen) atoms. The van der Waals surface area contributed by atoms with Crippen LogP contribution in [0.2, 0.25) is 0 Å². The van der Waals surface area contributed by atoms with E-state index in [1.807, 2.05) is 19.1 Å². The average Bonchev–Trinajstić information content (AvgIpc) is 3.21. The Labute approximate surface area is 203 Å². The van der Waals surface area contributed by atoms with Crippen LogP contribution >= 0.6 is 0 Å². The molecule has 0 atom stereocenters. The quantitative estimate of drug-likeness (QED) is 0.386. The molecule has 0 saturated carbocycles. The summed E-state index contributed by atoms with van der Waals surface area (Å²) in [6.45, 7) is 2.41. The summed E-state index contributed by atoms with van der Waals surface area (Å²) in [7, 11) is -0.642. The second-order valence-corrected chi connectivity index (χ2v) is 9.96. The van der Waals surface area contributed by atoms with Crippen molar-refractivity contribution in [1.82, 2.24) is 5.32 Å². The second-order valence-electron chi connectivity index (χ2n) is 7.95. The zero-order valence-corrected chi connectivity index (χ0v) is 20.6. The number of anilines is 1. The number of carbonyl (C=O) groups excluding carboxylic acids is 1.